The molecule has 1 amide bonds. The Morgan fingerprint density at radius 3 is 2.38 bits per heavy atom. The molecule has 2 aromatic carbocycles. The van der Waals surface area contributed by atoms with Crippen LogP contribution in [0.3, 0.4) is 0 Å². The lowest BCUT2D eigenvalue weighted by Gasteiger charge is -2.40. The van der Waals surface area contributed by atoms with Crippen LogP contribution in [-0.4, -0.2) is 50.4 Å². The maximum Gasteiger partial charge on any atom is 0.344 e. The van der Waals surface area contributed by atoms with Crippen LogP contribution >= 0.6 is 23.2 Å². The first-order valence-electron chi connectivity index (χ1n) is 13.1. The molecule has 0 bridgehead atoms. The zero-order valence-electron chi connectivity index (χ0n) is 22.0. The summed E-state index contributed by atoms with van der Waals surface area (Å²) in [5, 5.41) is 4.93. The van der Waals surface area contributed by atoms with E-state index in [1.807, 2.05) is 4.72 Å². The van der Waals surface area contributed by atoms with Gasteiger partial charge in [-0.1, -0.05) is 41.3 Å². The van der Waals surface area contributed by atoms with Gasteiger partial charge in [0, 0.05) is 48.2 Å². The van der Waals surface area contributed by atoms with Crippen LogP contribution in [-0.2, 0) is 14.8 Å². The molecule has 1 saturated heterocycles. The van der Waals surface area contributed by atoms with Crippen molar-refractivity contribution in [1.29, 1.82) is 0 Å². The monoisotopic (exact) mass is 605 g/mol. The number of aromatic nitrogens is 1. The molecule has 3 aromatic rings. The van der Waals surface area contributed by atoms with Crippen molar-refractivity contribution < 1.29 is 27.3 Å². The molecule has 2 fully saturated rings. The van der Waals surface area contributed by atoms with Gasteiger partial charge >= 0.3 is 5.97 Å². The lowest BCUT2D eigenvalue weighted by molar-refractivity contribution is 0.0206. The molecule has 212 valence electrons. The molecule has 0 radical (unpaired) electrons. The molecular weight excluding hydrogens is 577 g/mol. The second-order valence-electron chi connectivity index (χ2n) is 10.2. The fraction of sp³-hybridized carbons (Fsp3) is 0.393. The van der Waals surface area contributed by atoms with E-state index in [-0.39, 0.29) is 29.2 Å². The smallest absolute Gasteiger partial charge is 0.344 e. The lowest BCUT2D eigenvalue weighted by atomic mass is 9.96. The Bertz CT molecular complexity index is 1520. The van der Waals surface area contributed by atoms with Gasteiger partial charge in [0.05, 0.1) is 16.3 Å². The fourth-order valence-corrected chi connectivity index (χ4v) is 6.14. The van der Waals surface area contributed by atoms with E-state index >= 15 is 0 Å². The topological polar surface area (TPSA) is 119 Å². The van der Waals surface area contributed by atoms with Crippen molar-refractivity contribution >= 4 is 50.8 Å². The summed E-state index contributed by atoms with van der Waals surface area (Å²) in [6, 6.07) is 12.0. The lowest BCUT2D eigenvalue weighted by Crippen LogP contribution is -2.45. The van der Waals surface area contributed by atoms with Gasteiger partial charge in [-0.05, 0) is 55.7 Å². The number of benzene rings is 2. The van der Waals surface area contributed by atoms with Gasteiger partial charge in [-0.15, -0.1) is 0 Å². The number of carbonyl (C=O) groups excluding carboxylic acids is 2. The van der Waals surface area contributed by atoms with Gasteiger partial charge in [0.25, 0.3) is 5.91 Å². The van der Waals surface area contributed by atoms with Crippen molar-refractivity contribution in [1.82, 2.24) is 9.88 Å². The second-order valence-corrected chi connectivity index (χ2v) is 12.8. The molecule has 1 aliphatic heterocycles. The molecule has 9 nitrogen and oxygen atoms in total. The molecule has 2 heterocycles. The van der Waals surface area contributed by atoms with E-state index in [2.05, 4.69) is 17.0 Å². The molecule has 12 heteroatoms. The number of sulfonamides is 1. The number of esters is 1. The number of rotatable bonds is 8. The van der Waals surface area contributed by atoms with Crippen molar-refractivity contribution in [3.8, 4) is 11.3 Å². The van der Waals surface area contributed by atoms with E-state index in [1.54, 1.807) is 42.5 Å². The van der Waals surface area contributed by atoms with Crippen molar-refractivity contribution in [2.24, 2.45) is 0 Å². The summed E-state index contributed by atoms with van der Waals surface area (Å²) in [7, 11) is -3.65. The van der Waals surface area contributed by atoms with E-state index in [9.17, 15) is 18.0 Å². The van der Waals surface area contributed by atoms with Crippen LogP contribution in [0.15, 0.2) is 47.0 Å². The van der Waals surface area contributed by atoms with Gasteiger partial charge in [-0.3, -0.25) is 4.79 Å². The SMILES string of the molecule is CC[C@@H]1C[C@H](OC(=O)c2c(-c3c(Cl)cccc3Cl)noc2C2CC2)CCN1c1ccc(C(=O)NS(C)(=O)=O)cc1. The standard InChI is InChI=1S/C28H29Cl2N3O6S/c1-3-18-15-20(13-14-33(18)19-11-9-17(10-12-19)27(34)32-40(2,36)37)38-28(35)24-25(31-39-26(24)16-7-8-16)23-21(29)5-4-6-22(23)30/h4-6,9-12,16,18,20H,3,7-8,13-15H2,1-2H3,(H,32,34)/t18-,20-/m1/s1. The van der Waals surface area contributed by atoms with Crippen molar-refractivity contribution in [3.05, 3.63) is 69.4 Å². The Labute approximate surface area is 242 Å². The number of carbonyl (C=O) groups is 2. The Morgan fingerprint density at radius 2 is 1.77 bits per heavy atom. The first-order valence-corrected chi connectivity index (χ1v) is 15.7. The summed E-state index contributed by atoms with van der Waals surface area (Å²) in [6.07, 6.45) is 4.47. The Balaban J connectivity index is 1.31. The molecule has 40 heavy (non-hydrogen) atoms. The molecule has 0 spiro atoms. The van der Waals surface area contributed by atoms with Crippen LogP contribution in [0.5, 0.6) is 0 Å². The molecule has 0 unspecified atom stereocenters. The number of ether oxygens (including phenoxy) is 1. The fourth-order valence-electron chi connectivity index (χ4n) is 5.11. The Hall–Kier alpha value is -3.08. The summed E-state index contributed by atoms with van der Waals surface area (Å²) in [6.45, 7) is 2.70. The molecule has 2 atom stereocenters. The molecule has 1 saturated carbocycles. The zero-order chi connectivity index (χ0) is 28.6. The first kappa shape index (κ1) is 28.4. The van der Waals surface area contributed by atoms with Gasteiger partial charge in [-0.2, -0.15) is 0 Å². The summed E-state index contributed by atoms with van der Waals surface area (Å²) in [5.74, 6) is -0.537. The van der Waals surface area contributed by atoms with Gasteiger partial charge in [0.1, 0.15) is 17.4 Å². The summed E-state index contributed by atoms with van der Waals surface area (Å²) in [4.78, 5) is 28.0. The van der Waals surface area contributed by atoms with Crippen molar-refractivity contribution in [2.45, 2.75) is 57.1 Å². The largest absolute Gasteiger partial charge is 0.458 e. The van der Waals surface area contributed by atoms with Gasteiger partial charge in [-0.25, -0.2) is 17.9 Å². The van der Waals surface area contributed by atoms with Crippen LogP contribution in [0.25, 0.3) is 11.3 Å². The number of amides is 1. The number of anilines is 1. The molecule has 1 aliphatic carbocycles. The maximum atomic E-state index is 13.6. The second kappa shape index (κ2) is 11.4. The maximum absolute atomic E-state index is 13.6. The van der Waals surface area contributed by atoms with Crippen LogP contribution in [0.1, 0.15) is 71.4 Å². The van der Waals surface area contributed by atoms with E-state index < -0.39 is 21.9 Å². The molecule has 2 aliphatic rings. The van der Waals surface area contributed by atoms with Gasteiger partial charge in [0.15, 0.2) is 5.76 Å². The van der Waals surface area contributed by atoms with Crippen molar-refractivity contribution in [2.75, 3.05) is 17.7 Å². The number of nitrogens with zero attached hydrogens (tertiary/aromatic N) is 2. The van der Waals surface area contributed by atoms with E-state index in [0.717, 1.165) is 31.2 Å². The van der Waals surface area contributed by atoms with Gasteiger partial charge < -0.3 is 14.2 Å². The van der Waals surface area contributed by atoms with Crippen LogP contribution < -0.4 is 9.62 Å². The summed E-state index contributed by atoms with van der Waals surface area (Å²) < 4.78 is 36.4. The number of piperidine rings is 1. The number of halogens is 2. The van der Waals surface area contributed by atoms with E-state index in [0.29, 0.717) is 46.4 Å². The van der Waals surface area contributed by atoms with Gasteiger partial charge in [0.2, 0.25) is 10.0 Å². The van der Waals surface area contributed by atoms with Crippen LogP contribution in [0.2, 0.25) is 10.0 Å². The molecular formula is C28H29Cl2N3O6S. The predicted octanol–water partition coefficient (Wildman–Crippen LogP) is 5.82. The van der Waals surface area contributed by atoms with Crippen LogP contribution in [0.4, 0.5) is 5.69 Å². The number of nitrogens with one attached hydrogen (secondary N) is 1. The minimum atomic E-state index is -3.65. The van der Waals surface area contributed by atoms with Crippen molar-refractivity contribution in [3.63, 3.8) is 0 Å². The van der Waals surface area contributed by atoms with Crippen LogP contribution in [0, 0.1) is 0 Å². The van der Waals surface area contributed by atoms with E-state index in [4.69, 9.17) is 32.5 Å². The average molecular weight is 607 g/mol. The number of hydrogen-bond donors (Lipinski definition) is 1. The van der Waals surface area contributed by atoms with E-state index in [1.165, 1.54) is 0 Å². The molecule has 1 N–H and O–H groups in total. The quantitative estimate of drug-likeness (QED) is 0.319. The Kier molecular flexibility index (Phi) is 8.13. The summed E-state index contributed by atoms with van der Waals surface area (Å²) in [5.41, 5.74) is 2.19. The third-order valence-corrected chi connectivity index (χ3v) is 8.41. The molecule has 5 rings (SSSR count). The first-order chi connectivity index (χ1) is 19.1. The normalized spacial score (nSPS) is 19.4. The third kappa shape index (κ3) is 6.14. The highest BCUT2D eigenvalue weighted by Gasteiger charge is 2.38. The Morgan fingerprint density at radius 1 is 1.10 bits per heavy atom. The highest BCUT2D eigenvalue weighted by Crippen LogP contribution is 2.46. The third-order valence-electron chi connectivity index (χ3n) is 7.22. The predicted molar refractivity (Wildman–Crippen MR) is 153 cm³/mol. The number of hydrogen-bond acceptors (Lipinski definition) is 8. The summed E-state index contributed by atoms with van der Waals surface area (Å²) >= 11 is 12.9. The highest BCUT2D eigenvalue weighted by atomic mass is 35.5. The molecule has 1 aromatic heterocycles. The average Bonchev–Trinajstić information content (AvgIpc) is 3.66. The zero-order valence-corrected chi connectivity index (χ0v) is 24.4. The highest BCUT2D eigenvalue weighted by molar-refractivity contribution is 7.89. The minimum absolute atomic E-state index is 0.0881. The minimum Gasteiger partial charge on any atom is -0.458 e.